The van der Waals surface area contributed by atoms with E-state index in [0.717, 1.165) is 12.0 Å². The fourth-order valence-corrected chi connectivity index (χ4v) is 3.44. The van der Waals surface area contributed by atoms with Crippen LogP contribution in [0.1, 0.15) is 18.4 Å². The Labute approximate surface area is 123 Å². The van der Waals surface area contributed by atoms with Gasteiger partial charge in [-0.25, -0.2) is 0 Å². The van der Waals surface area contributed by atoms with Gasteiger partial charge in [0, 0.05) is 5.92 Å². The summed E-state index contributed by atoms with van der Waals surface area (Å²) in [5, 5.41) is 0. The zero-order valence-corrected chi connectivity index (χ0v) is 12.0. The molecule has 0 unspecified atom stereocenters. The second-order valence-electron chi connectivity index (χ2n) is 5.72. The number of benzene rings is 1. The van der Waals surface area contributed by atoms with Gasteiger partial charge in [0.1, 0.15) is 6.61 Å². The van der Waals surface area contributed by atoms with Crippen LogP contribution in [0.4, 0.5) is 0 Å². The van der Waals surface area contributed by atoms with Gasteiger partial charge in [-0.1, -0.05) is 42.5 Å². The summed E-state index contributed by atoms with van der Waals surface area (Å²) in [5.41, 5.74) is -0.243. The minimum Gasteiger partial charge on any atom is -0.468 e. The highest BCUT2D eigenvalue weighted by atomic mass is 16.6. The zero-order valence-electron chi connectivity index (χ0n) is 12.0. The Kier molecular flexibility index (Phi) is 3.53. The lowest BCUT2D eigenvalue weighted by atomic mass is 9.75. The van der Waals surface area contributed by atoms with Gasteiger partial charge < -0.3 is 9.47 Å². The predicted molar refractivity (Wildman–Crippen MR) is 76.0 cm³/mol. The highest BCUT2D eigenvalue weighted by Crippen LogP contribution is 2.53. The maximum atomic E-state index is 12.6. The van der Waals surface area contributed by atoms with Crippen molar-refractivity contribution in [2.75, 3.05) is 7.11 Å². The van der Waals surface area contributed by atoms with Crippen molar-refractivity contribution in [2.45, 2.75) is 19.4 Å². The lowest BCUT2D eigenvalue weighted by Gasteiger charge is -2.30. The lowest BCUT2D eigenvalue weighted by Crippen LogP contribution is -2.44. The van der Waals surface area contributed by atoms with E-state index in [1.54, 1.807) is 0 Å². The van der Waals surface area contributed by atoms with E-state index in [2.05, 4.69) is 6.08 Å². The van der Waals surface area contributed by atoms with Gasteiger partial charge in [0.15, 0.2) is 5.41 Å². The molecule has 0 N–H and O–H groups in total. The number of esters is 2. The third-order valence-electron chi connectivity index (χ3n) is 4.52. The SMILES string of the molecule is COC(=O)[C@@]1(C(=O)OCc2ccccc2)C[C@@H]2C=C[C@H]1C2. The van der Waals surface area contributed by atoms with Crippen LogP contribution in [0, 0.1) is 17.3 Å². The molecule has 1 aromatic rings. The first kappa shape index (κ1) is 13.9. The van der Waals surface area contributed by atoms with Crippen molar-refractivity contribution >= 4 is 11.9 Å². The van der Waals surface area contributed by atoms with Gasteiger partial charge in [0.05, 0.1) is 7.11 Å². The van der Waals surface area contributed by atoms with Gasteiger partial charge in [-0.05, 0) is 24.3 Å². The van der Waals surface area contributed by atoms with E-state index < -0.39 is 17.4 Å². The van der Waals surface area contributed by atoms with Crippen molar-refractivity contribution in [2.24, 2.45) is 17.3 Å². The molecule has 0 spiro atoms. The van der Waals surface area contributed by atoms with Crippen molar-refractivity contribution in [3.05, 3.63) is 48.0 Å². The molecule has 4 nitrogen and oxygen atoms in total. The number of rotatable bonds is 4. The van der Waals surface area contributed by atoms with Gasteiger partial charge in [-0.2, -0.15) is 0 Å². The Morgan fingerprint density at radius 1 is 1.19 bits per heavy atom. The summed E-state index contributed by atoms with van der Waals surface area (Å²) in [5.74, 6) is -0.760. The Morgan fingerprint density at radius 2 is 1.95 bits per heavy atom. The van der Waals surface area contributed by atoms with Crippen molar-refractivity contribution in [3.63, 3.8) is 0 Å². The molecular weight excluding hydrogens is 268 g/mol. The van der Waals surface area contributed by atoms with Crippen LogP contribution >= 0.6 is 0 Å². The van der Waals surface area contributed by atoms with E-state index >= 15 is 0 Å². The normalized spacial score (nSPS) is 29.4. The quantitative estimate of drug-likeness (QED) is 0.485. The second kappa shape index (κ2) is 5.35. The van der Waals surface area contributed by atoms with Crippen LogP contribution in [0.3, 0.4) is 0 Å². The number of carbonyl (C=O) groups is 2. The van der Waals surface area contributed by atoms with Gasteiger partial charge >= 0.3 is 11.9 Å². The summed E-state index contributed by atoms with van der Waals surface area (Å²) in [6, 6.07) is 9.46. The first-order valence-electron chi connectivity index (χ1n) is 7.14. The molecule has 110 valence electrons. The molecule has 3 atom stereocenters. The largest absolute Gasteiger partial charge is 0.468 e. The molecule has 0 amide bonds. The standard InChI is InChI=1S/C17H18O4/c1-20-15(18)17(10-13-7-8-14(17)9-13)16(19)21-11-12-5-3-2-4-6-12/h2-8,13-14H,9-11H2,1H3/t13-,14+,17-/m1/s1. The molecule has 0 aromatic heterocycles. The Morgan fingerprint density at radius 3 is 2.52 bits per heavy atom. The van der Waals surface area contributed by atoms with Crippen LogP contribution in [0.25, 0.3) is 0 Å². The summed E-state index contributed by atoms with van der Waals surface area (Å²) < 4.78 is 10.3. The number of carbonyl (C=O) groups excluding carboxylic acids is 2. The third kappa shape index (κ3) is 2.24. The molecule has 1 aromatic carbocycles. The van der Waals surface area contributed by atoms with Crippen molar-refractivity contribution in [1.82, 2.24) is 0 Å². The molecule has 0 saturated heterocycles. The molecule has 0 radical (unpaired) electrons. The van der Waals surface area contributed by atoms with E-state index in [0.29, 0.717) is 6.42 Å². The van der Waals surface area contributed by atoms with Gasteiger partial charge in [-0.3, -0.25) is 9.59 Å². The molecule has 0 heterocycles. The van der Waals surface area contributed by atoms with Crippen LogP contribution in [-0.4, -0.2) is 19.0 Å². The van der Waals surface area contributed by atoms with Crippen LogP contribution < -0.4 is 0 Å². The number of allylic oxidation sites excluding steroid dienone is 2. The highest BCUT2D eigenvalue weighted by molar-refractivity contribution is 6.01. The van der Waals surface area contributed by atoms with Gasteiger partial charge in [0.2, 0.25) is 0 Å². The minimum absolute atomic E-state index is 0.0989. The van der Waals surface area contributed by atoms with Crippen LogP contribution in [0.5, 0.6) is 0 Å². The minimum atomic E-state index is -1.15. The summed E-state index contributed by atoms with van der Waals surface area (Å²) in [6.45, 7) is 0.180. The summed E-state index contributed by atoms with van der Waals surface area (Å²) in [7, 11) is 1.32. The number of fused-ring (bicyclic) bond motifs is 2. The van der Waals surface area contributed by atoms with Crippen molar-refractivity contribution < 1.29 is 19.1 Å². The van der Waals surface area contributed by atoms with Crippen LogP contribution in [0.2, 0.25) is 0 Å². The van der Waals surface area contributed by atoms with Crippen molar-refractivity contribution in [3.8, 4) is 0 Å². The molecule has 4 heteroatoms. The predicted octanol–water partition coefficient (Wildman–Crippen LogP) is 2.49. The number of methoxy groups -OCH3 is 1. The Bertz CT molecular complexity index is 578. The average Bonchev–Trinajstić information content (AvgIpc) is 3.14. The van der Waals surface area contributed by atoms with Crippen LogP contribution in [0.15, 0.2) is 42.5 Å². The maximum absolute atomic E-state index is 12.6. The third-order valence-corrected chi connectivity index (χ3v) is 4.52. The highest BCUT2D eigenvalue weighted by Gasteiger charge is 2.60. The van der Waals surface area contributed by atoms with Gasteiger partial charge in [0.25, 0.3) is 0 Å². The fraction of sp³-hybridized carbons (Fsp3) is 0.412. The molecule has 3 rings (SSSR count). The van der Waals surface area contributed by atoms with E-state index in [9.17, 15) is 9.59 Å². The molecule has 2 aliphatic carbocycles. The van der Waals surface area contributed by atoms with Gasteiger partial charge in [-0.15, -0.1) is 0 Å². The Balaban J connectivity index is 1.77. The smallest absolute Gasteiger partial charge is 0.324 e. The lowest BCUT2D eigenvalue weighted by molar-refractivity contribution is -0.174. The first-order chi connectivity index (χ1) is 10.2. The number of hydrogen-bond acceptors (Lipinski definition) is 4. The monoisotopic (exact) mass is 286 g/mol. The fourth-order valence-electron chi connectivity index (χ4n) is 3.44. The number of ether oxygens (including phenoxy) is 2. The average molecular weight is 286 g/mol. The van der Waals surface area contributed by atoms with E-state index in [1.807, 2.05) is 36.4 Å². The van der Waals surface area contributed by atoms with Crippen molar-refractivity contribution in [1.29, 1.82) is 0 Å². The first-order valence-corrected chi connectivity index (χ1v) is 7.14. The second-order valence-corrected chi connectivity index (χ2v) is 5.72. The van der Waals surface area contributed by atoms with Crippen LogP contribution in [-0.2, 0) is 25.7 Å². The molecular formula is C17H18O4. The Hall–Kier alpha value is -2.10. The molecule has 2 aliphatic rings. The molecule has 1 fully saturated rings. The molecule has 0 aliphatic heterocycles. The zero-order chi connectivity index (χ0) is 14.9. The molecule has 21 heavy (non-hydrogen) atoms. The van der Waals surface area contributed by atoms with E-state index in [4.69, 9.17) is 9.47 Å². The summed E-state index contributed by atoms with van der Waals surface area (Å²) >= 11 is 0. The summed E-state index contributed by atoms with van der Waals surface area (Å²) in [4.78, 5) is 24.8. The number of hydrogen-bond donors (Lipinski definition) is 0. The molecule has 2 bridgehead atoms. The topological polar surface area (TPSA) is 52.6 Å². The summed E-state index contributed by atoms with van der Waals surface area (Å²) in [6.07, 6.45) is 5.36. The molecule has 1 saturated carbocycles. The van der Waals surface area contributed by atoms with E-state index in [-0.39, 0.29) is 18.4 Å². The van der Waals surface area contributed by atoms with E-state index in [1.165, 1.54) is 7.11 Å². The maximum Gasteiger partial charge on any atom is 0.324 e.